The molecule has 3 aliphatic rings. The summed E-state index contributed by atoms with van der Waals surface area (Å²) in [6.07, 6.45) is 12.2. The standard InChI is InChI=1S/C15H14IN2.HI/c16-14-9-15(10-14,11-14)18-7-3-13(4-8-18)12-1-5-17-6-2-12;/h1-8H,9-11H2;1H/q+1;/p-1. The first-order chi connectivity index (χ1) is 8.69. The Morgan fingerprint density at radius 1 is 0.947 bits per heavy atom. The van der Waals surface area contributed by atoms with Crippen LogP contribution in [0, 0.1) is 0 Å². The summed E-state index contributed by atoms with van der Waals surface area (Å²) in [5.74, 6) is 0. The fraction of sp³-hybridized carbons (Fsp3) is 0.333. The molecule has 0 aliphatic heterocycles. The smallest absolute Gasteiger partial charge is 0.171 e. The Morgan fingerprint density at radius 2 is 1.47 bits per heavy atom. The Labute approximate surface area is 143 Å². The van der Waals surface area contributed by atoms with Gasteiger partial charge in [0.25, 0.3) is 0 Å². The van der Waals surface area contributed by atoms with Gasteiger partial charge < -0.3 is 24.0 Å². The average Bonchev–Trinajstić information content (AvgIpc) is 2.35. The monoisotopic (exact) mass is 476 g/mol. The molecule has 0 N–H and O–H groups in total. The zero-order valence-corrected chi connectivity index (χ0v) is 14.7. The van der Waals surface area contributed by atoms with Crippen LogP contribution in [0.2, 0.25) is 0 Å². The Bertz CT molecular complexity index is 576. The van der Waals surface area contributed by atoms with E-state index in [0.29, 0.717) is 8.96 Å². The molecule has 2 heterocycles. The lowest BCUT2D eigenvalue weighted by molar-refractivity contribution is -0.800. The maximum Gasteiger partial charge on any atom is 0.171 e. The molecule has 0 spiro atoms. The molecule has 3 saturated carbocycles. The van der Waals surface area contributed by atoms with Gasteiger partial charge in [-0.15, -0.1) is 0 Å². The minimum absolute atomic E-state index is 0. The molecule has 19 heavy (non-hydrogen) atoms. The molecule has 3 aliphatic carbocycles. The number of pyridine rings is 2. The Kier molecular flexibility index (Phi) is 3.36. The highest BCUT2D eigenvalue weighted by atomic mass is 127. The van der Waals surface area contributed by atoms with E-state index < -0.39 is 0 Å². The van der Waals surface area contributed by atoms with Gasteiger partial charge in [-0.2, -0.15) is 4.57 Å². The molecule has 2 bridgehead atoms. The predicted octanol–water partition coefficient (Wildman–Crippen LogP) is 0.107. The van der Waals surface area contributed by atoms with Crippen molar-refractivity contribution in [2.45, 2.75) is 28.2 Å². The minimum Gasteiger partial charge on any atom is -1.00 e. The number of aromatic nitrogens is 2. The zero-order valence-electron chi connectivity index (χ0n) is 10.4. The summed E-state index contributed by atoms with van der Waals surface area (Å²) in [5, 5.41) is 0. The lowest BCUT2D eigenvalue weighted by Crippen LogP contribution is -3.00. The van der Waals surface area contributed by atoms with E-state index in [2.05, 4.69) is 68.8 Å². The summed E-state index contributed by atoms with van der Waals surface area (Å²) in [6, 6.07) is 8.55. The molecule has 3 fully saturated rings. The van der Waals surface area contributed by atoms with Gasteiger partial charge in [-0.1, -0.05) is 22.6 Å². The maximum absolute atomic E-state index is 4.06. The molecule has 4 heteroatoms. The summed E-state index contributed by atoms with van der Waals surface area (Å²) >= 11 is 2.63. The van der Waals surface area contributed by atoms with E-state index in [4.69, 9.17) is 0 Å². The van der Waals surface area contributed by atoms with Crippen molar-refractivity contribution in [3.63, 3.8) is 0 Å². The van der Waals surface area contributed by atoms with Crippen molar-refractivity contribution in [2.75, 3.05) is 0 Å². The molecular formula is C15H14I2N2. The second-order valence-corrected chi connectivity index (χ2v) is 7.92. The van der Waals surface area contributed by atoms with Crippen LogP contribution in [0.15, 0.2) is 49.1 Å². The molecule has 0 saturated heterocycles. The quantitative estimate of drug-likeness (QED) is 0.342. The fourth-order valence-corrected chi connectivity index (χ4v) is 5.50. The largest absolute Gasteiger partial charge is 1.00 e. The van der Waals surface area contributed by atoms with Crippen molar-refractivity contribution < 1.29 is 28.5 Å². The second-order valence-electron chi connectivity index (χ2n) is 5.64. The van der Waals surface area contributed by atoms with Crippen LogP contribution in [-0.4, -0.2) is 8.41 Å². The van der Waals surface area contributed by atoms with E-state index in [-0.39, 0.29) is 24.0 Å². The highest BCUT2D eigenvalue weighted by Crippen LogP contribution is 2.67. The third-order valence-electron chi connectivity index (χ3n) is 4.33. The SMILES string of the molecule is IC12CC([n+]3ccc(-c4ccncc4)cc3)(C1)C2.[I-]. The van der Waals surface area contributed by atoms with Gasteiger partial charge in [-0.05, 0) is 23.3 Å². The van der Waals surface area contributed by atoms with Crippen LogP contribution in [0.1, 0.15) is 19.3 Å². The molecular weight excluding hydrogens is 462 g/mol. The Morgan fingerprint density at radius 3 is 2.00 bits per heavy atom. The van der Waals surface area contributed by atoms with Crippen LogP contribution in [0.5, 0.6) is 0 Å². The lowest BCUT2D eigenvalue weighted by Gasteiger charge is -2.62. The third kappa shape index (κ3) is 2.11. The van der Waals surface area contributed by atoms with Gasteiger partial charge in [0, 0.05) is 47.2 Å². The van der Waals surface area contributed by atoms with Crippen molar-refractivity contribution in [3.8, 4) is 11.1 Å². The topological polar surface area (TPSA) is 16.8 Å². The first kappa shape index (κ1) is 13.7. The molecule has 98 valence electrons. The van der Waals surface area contributed by atoms with E-state index in [1.54, 1.807) is 0 Å². The van der Waals surface area contributed by atoms with Crippen LogP contribution in [0.25, 0.3) is 11.1 Å². The van der Waals surface area contributed by atoms with Gasteiger partial charge in [-0.25, -0.2) is 0 Å². The lowest BCUT2D eigenvalue weighted by atomic mass is 9.49. The highest BCUT2D eigenvalue weighted by Gasteiger charge is 2.73. The van der Waals surface area contributed by atoms with E-state index in [1.807, 2.05) is 12.4 Å². The molecule has 2 aromatic rings. The number of rotatable bonds is 2. The summed E-state index contributed by atoms with van der Waals surface area (Å²) in [5.41, 5.74) is 2.96. The van der Waals surface area contributed by atoms with Gasteiger partial charge in [-0.3, -0.25) is 4.98 Å². The molecule has 2 nitrogen and oxygen atoms in total. The fourth-order valence-electron chi connectivity index (χ4n) is 3.37. The first-order valence-electron chi connectivity index (χ1n) is 6.30. The summed E-state index contributed by atoms with van der Waals surface area (Å²) in [7, 11) is 0. The van der Waals surface area contributed by atoms with E-state index in [0.717, 1.165) is 0 Å². The molecule has 0 amide bonds. The Balaban J connectivity index is 0.00000110. The van der Waals surface area contributed by atoms with Crippen molar-refractivity contribution in [1.29, 1.82) is 0 Å². The second kappa shape index (κ2) is 4.65. The number of hydrogen-bond donors (Lipinski definition) is 0. The van der Waals surface area contributed by atoms with Crippen LogP contribution in [0.4, 0.5) is 0 Å². The average molecular weight is 476 g/mol. The van der Waals surface area contributed by atoms with Gasteiger partial charge in [0.15, 0.2) is 17.9 Å². The zero-order chi connectivity index (χ0) is 12.2. The van der Waals surface area contributed by atoms with E-state index in [1.165, 1.54) is 30.4 Å². The van der Waals surface area contributed by atoms with Crippen LogP contribution in [-0.2, 0) is 5.54 Å². The van der Waals surface area contributed by atoms with Crippen molar-refractivity contribution >= 4 is 22.6 Å². The van der Waals surface area contributed by atoms with E-state index in [9.17, 15) is 0 Å². The van der Waals surface area contributed by atoms with Crippen LogP contribution in [0.3, 0.4) is 0 Å². The van der Waals surface area contributed by atoms with E-state index >= 15 is 0 Å². The molecule has 5 rings (SSSR count). The van der Waals surface area contributed by atoms with Crippen molar-refractivity contribution in [1.82, 2.24) is 4.98 Å². The van der Waals surface area contributed by atoms with Crippen molar-refractivity contribution in [3.05, 3.63) is 49.1 Å². The summed E-state index contributed by atoms with van der Waals surface area (Å²) < 4.78 is 3.05. The van der Waals surface area contributed by atoms with Crippen LogP contribution < -0.4 is 28.5 Å². The Hall–Kier alpha value is -0.240. The summed E-state index contributed by atoms with van der Waals surface area (Å²) in [6.45, 7) is 0. The van der Waals surface area contributed by atoms with Crippen LogP contribution >= 0.6 is 22.6 Å². The molecule has 2 aromatic heterocycles. The summed E-state index contributed by atoms with van der Waals surface area (Å²) in [4.78, 5) is 4.06. The maximum atomic E-state index is 4.06. The minimum atomic E-state index is 0. The van der Waals surface area contributed by atoms with Gasteiger partial charge in [0.05, 0.1) is 0 Å². The number of nitrogens with zero attached hydrogens (tertiary/aromatic N) is 2. The van der Waals surface area contributed by atoms with Gasteiger partial charge in [0.1, 0.15) is 0 Å². The molecule has 0 radical (unpaired) electrons. The molecule has 0 unspecified atom stereocenters. The number of alkyl halides is 1. The number of hydrogen-bond acceptors (Lipinski definition) is 1. The first-order valence-corrected chi connectivity index (χ1v) is 7.38. The predicted molar refractivity (Wildman–Crippen MR) is 78.4 cm³/mol. The normalized spacial score (nSPS) is 30.8. The molecule has 0 atom stereocenters. The van der Waals surface area contributed by atoms with Gasteiger partial charge in [0.2, 0.25) is 0 Å². The van der Waals surface area contributed by atoms with Gasteiger partial charge >= 0.3 is 0 Å². The van der Waals surface area contributed by atoms with Crippen molar-refractivity contribution in [2.24, 2.45) is 0 Å². The number of halogens is 2. The highest BCUT2D eigenvalue weighted by molar-refractivity contribution is 14.1. The molecule has 0 aromatic carbocycles. The third-order valence-corrected chi connectivity index (χ3v) is 5.47.